The van der Waals surface area contributed by atoms with Crippen molar-refractivity contribution in [2.24, 2.45) is 5.10 Å². The highest BCUT2D eigenvalue weighted by Gasteiger charge is 2.14. The molecule has 30 heavy (non-hydrogen) atoms. The number of benzene rings is 2. The highest BCUT2D eigenvalue weighted by atomic mass is 79.9. The molecule has 0 aliphatic rings. The van der Waals surface area contributed by atoms with Gasteiger partial charge in [0, 0.05) is 22.8 Å². The lowest BCUT2D eigenvalue weighted by Crippen LogP contribution is -2.01. The number of hydrazone groups is 1. The summed E-state index contributed by atoms with van der Waals surface area (Å²) in [5.74, 6) is 1.05. The molecular formula is C20H16BrClN4O4. The van der Waals surface area contributed by atoms with E-state index in [0.717, 1.165) is 5.56 Å². The Balaban J connectivity index is 1.76. The molecule has 3 aromatic rings. The van der Waals surface area contributed by atoms with Crippen molar-refractivity contribution in [3.05, 3.63) is 85.5 Å². The molecule has 2 aromatic carbocycles. The molecule has 0 bridgehead atoms. The van der Waals surface area contributed by atoms with Crippen molar-refractivity contribution < 1.29 is 14.4 Å². The fraction of sp³-hybridized carbons (Fsp3) is 0.100. The summed E-state index contributed by atoms with van der Waals surface area (Å²) >= 11 is 9.65. The van der Waals surface area contributed by atoms with E-state index in [9.17, 15) is 10.1 Å². The number of aromatic nitrogens is 1. The fourth-order valence-corrected chi connectivity index (χ4v) is 3.28. The molecule has 0 unspecified atom stereocenters. The number of rotatable bonds is 8. The van der Waals surface area contributed by atoms with Gasteiger partial charge in [-0.25, -0.2) is 4.98 Å². The molecule has 154 valence electrons. The van der Waals surface area contributed by atoms with Gasteiger partial charge in [-0.05, 0) is 45.8 Å². The second-order valence-electron chi connectivity index (χ2n) is 5.91. The van der Waals surface area contributed by atoms with Crippen LogP contribution in [-0.4, -0.2) is 23.2 Å². The smallest absolute Gasteiger partial charge is 0.313 e. The summed E-state index contributed by atoms with van der Waals surface area (Å²) in [5.41, 5.74) is 3.94. The molecule has 0 fully saturated rings. The van der Waals surface area contributed by atoms with Gasteiger partial charge >= 0.3 is 5.69 Å². The number of hydrogen-bond donors (Lipinski definition) is 1. The number of nitrogens with one attached hydrogen (secondary N) is 1. The Labute approximate surface area is 185 Å². The number of methoxy groups -OCH3 is 1. The number of halogens is 2. The molecule has 1 heterocycles. The Bertz CT molecular complexity index is 1090. The molecule has 0 aliphatic carbocycles. The van der Waals surface area contributed by atoms with Gasteiger partial charge in [-0.15, -0.1) is 0 Å². The van der Waals surface area contributed by atoms with Gasteiger partial charge in [-0.1, -0.05) is 29.8 Å². The van der Waals surface area contributed by atoms with E-state index in [1.807, 2.05) is 18.2 Å². The van der Waals surface area contributed by atoms with Gasteiger partial charge in [0.2, 0.25) is 5.82 Å². The molecule has 0 saturated heterocycles. The zero-order valence-electron chi connectivity index (χ0n) is 15.7. The SMILES string of the molecule is COc1cc(/C=N/Nc2ncccc2[N+](=O)[O-])cc(Br)c1OCc1ccccc1Cl. The van der Waals surface area contributed by atoms with E-state index in [0.29, 0.717) is 26.6 Å². The molecule has 3 rings (SSSR count). The molecule has 0 aliphatic heterocycles. The zero-order valence-corrected chi connectivity index (χ0v) is 18.1. The van der Waals surface area contributed by atoms with E-state index in [-0.39, 0.29) is 18.1 Å². The van der Waals surface area contributed by atoms with Crippen LogP contribution in [0, 0.1) is 10.1 Å². The van der Waals surface area contributed by atoms with Gasteiger partial charge in [-0.2, -0.15) is 5.10 Å². The third-order valence-electron chi connectivity index (χ3n) is 3.95. The summed E-state index contributed by atoms with van der Waals surface area (Å²) in [4.78, 5) is 14.4. The number of anilines is 1. The lowest BCUT2D eigenvalue weighted by Gasteiger charge is -2.14. The van der Waals surface area contributed by atoms with Crippen molar-refractivity contribution in [3.63, 3.8) is 0 Å². The van der Waals surface area contributed by atoms with E-state index in [4.69, 9.17) is 21.1 Å². The Kier molecular flexibility index (Phi) is 7.21. The summed E-state index contributed by atoms with van der Waals surface area (Å²) in [6.07, 6.45) is 2.93. The highest BCUT2D eigenvalue weighted by molar-refractivity contribution is 9.10. The Morgan fingerprint density at radius 2 is 2.10 bits per heavy atom. The van der Waals surface area contributed by atoms with Crippen LogP contribution in [0.15, 0.2) is 64.3 Å². The van der Waals surface area contributed by atoms with Crippen molar-refractivity contribution >= 4 is 45.3 Å². The van der Waals surface area contributed by atoms with Crippen LogP contribution in [0.25, 0.3) is 0 Å². The Morgan fingerprint density at radius 1 is 1.30 bits per heavy atom. The lowest BCUT2D eigenvalue weighted by molar-refractivity contribution is -0.384. The molecule has 1 N–H and O–H groups in total. The molecule has 10 heteroatoms. The third-order valence-corrected chi connectivity index (χ3v) is 4.91. The first-order valence-electron chi connectivity index (χ1n) is 8.62. The van der Waals surface area contributed by atoms with Crippen LogP contribution in [0.4, 0.5) is 11.5 Å². The van der Waals surface area contributed by atoms with Crippen LogP contribution in [0.1, 0.15) is 11.1 Å². The predicted octanol–water partition coefficient (Wildman–Crippen LogP) is 5.44. The minimum atomic E-state index is -0.532. The number of nitro groups is 1. The maximum atomic E-state index is 11.0. The van der Waals surface area contributed by atoms with E-state index >= 15 is 0 Å². The Hall–Kier alpha value is -3.17. The second-order valence-corrected chi connectivity index (χ2v) is 7.17. The lowest BCUT2D eigenvalue weighted by atomic mass is 10.2. The third kappa shape index (κ3) is 5.25. The summed E-state index contributed by atoms with van der Waals surface area (Å²) in [7, 11) is 1.53. The van der Waals surface area contributed by atoms with Crippen LogP contribution in [0.2, 0.25) is 5.02 Å². The summed E-state index contributed by atoms with van der Waals surface area (Å²) < 4.78 is 12.0. The average Bonchev–Trinajstić information content (AvgIpc) is 2.74. The van der Waals surface area contributed by atoms with Crippen molar-refractivity contribution in [2.45, 2.75) is 6.61 Å². The summed E-state index contributed by atoms with van der Waals surface area (Å²) in [5, 5.41) is 15.7. The number of ether oxygens (including phenoxy) is 2. The van der Waals surface area contributed by atoms with E-state index in [2.05, 4.69) is 31.4 Å². The monoisotopic (exact) mass is 490 g/mol. The molecule has 8 nitrogen and oxygen atoms in total. The Morgan fingerprint density at radius 3 is 2.83 bits per heavy atom. The summed E-state index contributed by atoms with van der Waals surface area (Å²) in [6.45, 7) is 0.271. The van der Waals surface area contributed by atoms with Crippen molar-refractivity contribution in [3.8, 4) is 11.5 Å². The van der Waals surface area contributed by atoms with Gasteiger partial charge < -0.3 is 9.47 Å². The summed E-state index contributed by atoms with van der Waals surface area (Å²) in [6, 6.07) is 13.7. The number of hydrogen-bond acceptors (Lipinski definition) is 7. The highest BCUT2D eigenvalue weighted by Crippen LogP contribution is 2.37. The maximum absolute atomic E-state index is 11.0. The van der Waals surface area contributed by atoms with Crippen molar-refractivity contribution in [1.82, 2.24) is 4.98 Å². The minimum absolute atomic E-state index is 0.0458. The van der Waals surface area contributed by atoms with Crippen LogP contribution in [0.5, 0.6) is 11.5 Å². The zero-order chi connectivity index (χ0) is 21.5. The molecule has 1 aromatic heterocycles. The molecule has 0 spiro atoms. The average molecular weight is 492 g/mol. The fourth-order valence-electron chi connectivity index (χ4n) is 2.52. The van der Waals surface area contributed by atoms with E-state index < -0.39 is 4.92 Å². The first kappa shape index (κ1) is 21.5. The van der Waals surface area contributed by atoms with Gasteiger partial charge in [0.15, 0.2) is 11.5 Å². The largest absolute Gasteiger partial charge is 0.493 e. The quantitative estimate of drug-likeness (QED) is 0.256. The van der Waals surface area contributed by atoms with Crippen LogP contribution in [-0.2, 0) is 6.61 Å². The van der Waals surface area contributed by atoms with Crippen LogP contribution in [0.3, 0.4) is 0 Å². The van der Waals surface area contributed by atoms with Gasteiger partial charge in [0.1, 0.15) is 6.61 Å². The van der Waals surface area contributed by atoms with Crippen molar-refractivity contribution in [1.29, 1.82) is 0 Å². The minimum Gasteiger partial charge on any atom is -0.493 e. The van der Waals surface area contributed by atoms with Gasteiger partial charge in [0.25, 0.3) is 0 Å². The molecule has 0 saturated carbocycles. The number of nitrogens with zero attached hydrogens (tertiary/aromatic N) is 3. The van der Waals surface area contributed by atoms with Crippen LogP contribution < -0.4 is 14.9 Å². The molecular weight excluding hydrogens is 476 g/mol. The topological polar surface area (TPSA) is 98.9 Å². The normalized spacial score (nSPS) is 10.8. The van der Waals surface area contributed by atoms with Crippen LogP contribution >= 0.6 is 27.5 Å². The molecule has 0 amide bonds. The van der Waals surface area contributed by atoms with Gasteiger partial charge in [-0.3, -0.25) is 15.5 Å². The standard InChI is InChI=1S/C20H16BrClN4O4/c1-29-18-10-13(11-24-25-20-17(26(27)28)7-4-8-23-20)9-15(21)19(18)30-12-14-5-2-3-6-16(14)22/h2-11H,12H2,1H3,(H,23,25)/b24-11+. The van der Waals surface area contributed by atoms with E-state index in [1.54, 1.807) is 18.2 Å². The molecule has 0 radical (unpaired) electrons. The maximum Gasteiger partial charge on any atom is 0.313 e. The van der Waals surface area contributed by atoms with Crippen molar-refractivity contribution in [2.75, 3.05) is 12.5 Å². The van der Waals surface area contributed by atoms with Gasteiger partial charge in [0.05, 0.1) is 22.7 Å². The number of pyridine rings is 1. The first-order chi connectivity index (χ1) is 14.5. The van der Waals surface area contributed by atoms with E-state index in [1.165, 1.54) is 31.7 Å². The second kappa shape index (κ2) is 10.0. The predicted molar refractivity (Wildman–Crippen MR) is 119 cm³/mol. The first-order valence-corrected chi connectivity index (χ1v) is 9.79. The molecule has 0 atom stereocenters.